The van der Waals surface area contributed by atoms with Gasteiger partial charge in [0.15, 0.2) is 0 Å². The summed E-state index contributed by atoms with van der Waals surface area (Å²) >= 11 is 0. The van der Waals surface area contributed by atoms with Crippen LogP contribution in [0.3, 0.4) is 0 Å². The average Bonchev–Trinajstić information content (AvgIpc) is 3.32. The van der Waals surface area contributed by atoms with Crippen LogP contribution in [0, 0.1) is 0 Å². The predicted octanol–water partition coefficient (Wildman–Crippen LogP) is 0.749. The van der Waals surface area contributed by atoms with Crippen LogP contribution in [0.25, 0.3) is 0 Å². The minimum atomic E-state index is -0.842. The third kappa shape index (κ3) is 4.48. The van der Waals surface area contributed by atoms with Crippen LogP contribution in [0.15, 0.2) is 35.1 Å². The number of anilines is 1. The molecular formula is C18H25N5O4. The highest BCUT2D eigenvalue weighted by atomic mass is 16.5. The van der Waals surface area contributed by atoms with E-state index in [1.165, 1.54) is 7.11 Å². The Hall–Kier alpha value is -2.81. The summed E-state index contributed by atoms with van der Waals surface area (Å²) in [4.78, 5) is 26.8. The van der Waals surface area contributed by atoms with Crippen molar-refractivity contribution in [3.05, 3.63) is 36.4 Å². The first-order chi connectivity index (χ1) is 13.0. The molecule has 0 spiro atoms. The lowest BCUT2D eigenvalue weighted by molar-refractivity contribution is -0.139. The van der Waals surface area contributed by atoms with Gasteiger partial charge in [-0.2, -0.15) is 5.10 Å². The van der Waals surface area contributed by atoms with Gasteiger partial charge in [0, 0.05) is 39.5 Å². The molecule has 1 saturated heterocycles. The van der Waals surface area contributed by atoms with Gasteiger partial charge in [0.2, 0.25) is 11.8 Å². The number of likely N-dealkylation sites (tertiary alicyclic amines) is 1. The number of aromatic nitrogens is 2. The summed E-state index contributed by atoms with van der Waals surface area (Å²) in [7, 11) is 3.32. The van der Waals surface area contributed by atoms with Crippen LogP contribution < -0.4 is 10.6 Å². The zero-order chi connectivity index (χ0) is 19.3. The van der Waals surface area contributed by atoms with E-state index in [4.69, 9.17) is 9.15 Å². The highest BCUT2D eigenvalue weighted by molar-refractivity contribution is 5.89. The van der Waals surface area contributed by atoms with Gasteiger partial charge in [-0.25, -0.2) is 0 Å². The Morgan fingerprint density at radius 2 is 2.11 bits per heavy atom. The van der Waals surface area contributed by atoms with E-state index in [0.29, 0.717) is 44.1 Å². The SMILES string of the molecule is COCC(=O)N1CCC(Nc2ccn(C)n2)(C(=O)NCc2ccco2)CC1. The summed E-state index contributed by atoms with van der Waals surface area (Å²) in [6.07, 6.45) is 4.34. The molecule has 2 N–H and O–H groups in total. The van der Waals surface area contributed by atoms with E-state index >= 15 is 0 Å². The number of furan rings is 1. The van der Waals surface area contributed by atoms with Gasteiger partial charge in [-0.15, -0.1) is 0 Å². The van der Waals surface area contributed by atoms with Crippen LogP contribution in [0.2, 0.25) is 0 Å². The number of carbonyl (C=O) groups excluding carboxylic acids is 2. The zero-order valence-corrected chi connectivity index (χ0v) is 15.6. The number of methoxy groups -OCH3 is 1. The number of rotatable bonds is 7. The Bertz CT molecular complexity index is 763. The van der Waals surface area contributed by atoms with Crippen LogP contribution >= 0.6 is 0 Å². The number of nitrogens with zero attached hydrogens (tertiary/aromatic N) is 3. The Morgan fingerprint density at radius 1 is 1.33 bits per heavy atom. The van der Waals surface area contributed by atoms with E-state index in [1.807, 2.05) is 25.4 Å². The van der Waals surface area contributed by atoms with E-state index in [1.54, 1.807) is 21.9 Å². The maximum absolute atomic E-state index is 13.1. The molecule has 2 amide bonds. The monoisotopic (exact) mass is 375 g/mol. The maximum Gasteiger partial charge on any atom is 0.248 e. The van der Waals surface area contributed by atoms with Gasteiger partial charge in [-0.1, -0.05) is 0 Å². The predicted molar refractivity (Wildman–Crippen MR) is 97.8 cm³/mol. The number of amides is 2. The molecule has 0 atom stereocenters. The first kappa shape index (κ1) is 19.0. The van der Waals surface area contributed by atoms with Gasteiger partial charge in [0.25, 0.3) is 0 Å². The van der Waals surface area contributed by atoms with Gasteiger partial charge in [0.05, 0.1) is 12.8 Å². The van der Waals surface area contributed by atoms with Crippen molar-refractivity contribution in [2.45, 2.75) is 24.9 Å². The zero-order valence-electron chi connectivity index (χ0n) is 15.6. The van der Waals surface area contributed by atoms with Gasteiger partial charge in [-0.05, 0) is 25.0 Å². The van der Waals surface area contributed by atoms with Crippen LogP contribution in [0.1, 0.15) is 18.6 Å². The summed E-state index contributed by atoms with van der Waals surface area (Å²) in [5.41, 5.74) is -0.842. The van der Waals surface area contributed by atoms with Crippen LogP contribution in [-0.4, -0.2) is 58.8 Å². The van der Waals surface area contributed by atoms with Crippen molar-refractivity contribution in [3.63, 3.8) is 0 Å². The molecule has 0 aliphatic carbocycles. The summed E-state index contributed by atoms with van der Waals surface area (Å²) in [5, 5.41) is 10.6. The molecule has 3 rings (SSSR count). The molecule has 0 unspecified atom stereocenters. The number of aryl methyl sites for hydroxylation is 1. The topological polar surface area (TPSA) is 102 Å². The molecule has 1 aliphatic rings. The molecule has 146 valence electrons. The van der Waals surface area contributed by atoms with Crippen molar-refractivity contribution in [3.8, 4) is 0 Å². The van der Waals surface area contributed by atoms with Gasteiger partial charge >= 0.3 is 0 Å². The molecule has 2 aromatic heterocycles. The Morgan fingerprint density at radius 3 is 2.70 bits per heavy atom. The standard InChI is InChI=1S/C18H25N5O4/c1-22-8-5-15(21-22)20-18(17(25)19-12-14-4-3-11-27-14)6-9-23(10-7-18)16(24)13-26-2/h3-5,8,11H,6-7,9-10,12-13H2,1-2H3,(H,19,25)(H,20,21). The molecule has 0 aromatic carbocycles. The molecule has 0 radical (unpaired) electrons. The van der Waals surface area contributed by atoms with Crippen molar-refractivity contribution in [2.24, 2.45) is 7.05 Å². The van der Waals surface area contributed by atoms with Gasteiger partial charge in [0.1, 0.15) is 23.7 Å². The molecule has 1 fully saturated rings. The smallest absolute Gasteiger partial charge is 0.248 e. The van der Waals surface area contributed by atoms with E-state index < -0.39 is 5.54 Å². The molecule has 9 heteroatoms. The van der Waals surface area contributed by atoms with Crippen molar-refractivity contribution in [1.82, 2.24) is 20.0 Å². The van der Waals surface area contributed by atoms with E-state index in [9.17, 15) is 9.59 Å². The minimum Gasteiger partial charge on any atom is -0.467 e. The number of ether oxygens (including phenoxy) is 1. The normalized spacial score (nSPS) is 16.1. The first-order valence-electron chi connectivity index (χ1n) is 8.88. The Labute approximate surface area is 157 Å². The fourth-order valence-corrected chi connectivity index (χ4v) is 3.24. The van der Waals surface area contributed by atoms with Crippen molar-refractivity contribution < 1.29 is 18.7 Å². The second-order valence-corrected chi connectivity index (χ2v) is 6.66. The third-order valence-corrected chi connectivity index (χ3v) is 4.76. The lowest BCUT2D eigenvalue weighted by atomic mass is 9.86. The van der Waals surface area contributed by atoms with Crippen molar-refractivity contribution in [2.75, 3.05) is 32.1 Å². The van der Waals surface area contributed by atoms with E-state index in [-0.39, 0.29) is 18.4 Å². The lowest BCUT2D eigenvalue weighted by Gasteiger charge is -2.41. The molecular weight excluding hydrogens is 350 g/mol. The molecule has 9 nitrogen and oxygen atoms in total. The van der Waals surface area contributed by atoms with Crippen molar-refractivity contribution in [1.29, 1.82) is 0 Å². The minimum absolute atomic E-state index is 0.0470. The Kier molecular flexibility index (Phi) is 5.80. The van der Waals surface area contributed by atoms with Gasteiger partial charge < -0.3 is 24.7 Å². The third-order valence-electron chi connectivity index (χ3n) is 4.76. The second kappa shape index (κ2) is 8.26. The maximum atomic E-state index is 13.1. The number of piperidine rings is 1. The highest BCUT2D eigenvalue weighted by Gasteiger charge is 2.42. The summed E-state index contributed by atoms with van der Waals surface area (Å²) in [6, 6.07) is 5.42. The summed E-state index contributed by atoms with van der Waals surface area (Å²) in [6.45, 7) is 1.29. The molecule has 0 saturated carbocycles. The number of hydrogen-bond donors (Lipinski definition) is 2. The van der Waals surface area contributed by atoms with Gasteiger partial charge in [-0.3, -0.25) is 14.3 Å². The van der Waals surface area contributed by atoms with E-state index in [0.717, 1.165) is 0 Å². The van der Waals surface area contributed by atoms with E-state index in [2.05, 4.69) is 15.7 Å². The number of carbonyl (C=O) groups is 2. The summed E-state index contributed by atoms with van der Waals surface area (Å²) in [5.74, 6) is 1.11. The van der Waals surface area contributed by atoms with Crippen LogP contribution in [0.5, 0.6) is 0 Å². The largest absolute Gasteiger partial charge is 0.467 e. The highest BCUT2D eigenvalue weighted by Crippen LogP contribution is 2.27. The molecule has 1 aliphatic heterocycles. The fourth-order valence-electron chi connectivity index (χ4n) is 3.24. The number of nitrogens with one attached hydrogen (secondary N) is 2. The second-order valence-electron chi connectivity index (χ2n) is 6.66. The van der Waals surface area contributed by atoms with Crippen molar-refractivity contribution >= 4 is 17.6 Å². The number of hydrogen-bond acceptors (Lipinski definition) is 6. The quantitative estimate of drug-likeness (QED) is 0.741. The molecule has 0 bridgehead atoms. The average molecular weight is 375 g/mol. The van der Waals surface area contributed by atoms with Crippen LogP contribution in [-0.2, 0) is 27.9 Å². The fraction of sp³-hybridized carbons (Fsp3) is 0.500. The summed E-state index contributed by atoms with van der Waals surface area (Å²) < 4.78 is 11.9. The molecule has 3 heterocycles. The van der Waals surface area contributed by atoms with Crippen LogP contribution in [0.4, 0.5) is 5.82 Å². The molecule has 2 aromatic rings. The lowest BCUT2D eigenvalue weighted by Crippen LogP contribution is -2.59. The molecule has 27 heavy (non-hydrogen) atoms. The first-order valence-corrected chi connectivity index (χ1v) is 8.88. The Balaban J connectivity index is 1.71.